The van der Waals surface area contributed by atoms with E-state index in [1.807, 2.05) is 6.92 Å². The monoisotopic (exact) mass is 510 g/mol. The van der Waals surface area contributed by atoms with E-state index in [2.05, 4.69) is 23.6 Å². The van der Waals surface area contributed by atoms with Crippen molar-refractivity contribution in [2.45, 2.75) is 142 Å². The normalized spacial score (nSPS) is 15.2. The van der Waals surface area contributed by atoms with Crippen molar-refractivity contribution in [1.29, 1.82) is 0 Å². The summed E-state index contributed by atoms with van der Waals surface area (Å²) in [6.07, 6.45) is 18.5. The first kappa shape index (κ1) is 32.9. The SMILES string of the molecule is CCCCCCCCCCCSC(CCCCCCC)C(C)OP(=O)(O)C(=O)OOCCC. The molecule has 0 aliphatic heterocycles. The summed E-state index contributed by atoms with van der Waals surface area (Å²) in [6.45, 7) is 8.25. The lowest BCUT2D eigenvalue weighted by Gasteiger charge is -2.25. The molecule has 3 unspecified atom stereocenters. The van der Waals surface area contributed by atoms with Crippen LogP contribution in [0.4, 0.5) is 4.79 Å². The second kappa shape index (κ2) is 22.4. The van der Waals surface area contributed by atoms with Gasteiger partial charge in [0.05, 0.1) is 12.7 Å². The van der Waals surface area contributed by atoms with Crippen molar-refractivity contribution in [1.82, 2.24) is 0 Å². The van der Waals surface area contributed by atoms with Crippen LogP contribution in [0.25, 0.3) is 0 Å². The smallest absolute Gasteiger partial charge is 0.316 e. The summed E-state index contributed by atoms with van der Waals surface area (Å²) in [7, 11) is -4.55. The molecule has 0 heterocycles. The standard InChI is InChI=1S/C25H51O6PS/c1-5-8-10-12-13-14-15-17-19-22-33-24(20-18-16-11-9-6-2)23(4)31-32(27,28)25(26)30-29-21-7-3/h23-24H,5-22H2,1-4H3,(H,27,28). The van der Waals surface area contributed by atoms with Gasteiger partial charge in [0, 0.05) is 5.25 Å². The number of hydrogen-bond donors (Lipinski definition) is 1. The summed E-state index contributed by atoms with van der Waals surface area (Å²) in [5.41, 5.74) is -1.34. The highest BCUT2D eigenvalue weighted by atomic mass is 32.2. The third-order valence-corrected chi connectivity index (χ3v) is 8.38. The van der Waals surface area contributed by atoms with E-state index in [9.17, 15) is 14.3 Å². The van der Waals surface area contributed by atoms with E-state index < -0.39 is 19.4 Å². The molecular formula is C25H51O6PS. The van der Waals surface area contributed by atoms with Crippen molar-refractivity contribution < 1.29 is 28.6 Å². The second-order valence-electron chi connectivity index (χ2n) is 8.94. The quantitative estimate of drug-likeness (QED) is 0.0600. The number of unbranched alkanes of at least 4 members (excludes halogenated alkanes) is 12. The molecule has 198 valence electrons. The summed E-state index contributed by atoms with van der Waals surface area (Å²) in [6, 6.07) is 0. The minimum atomic E-state index is -4.55. The van der Waals surface area contributed by atoms with Crippen LogP contribution in [0.2, 0.25) is 0 Å². The number of thioether (sulfide) groups is 1. The average molecular weight is 511 g/mol. The van der Waals surface area contributed by atoms with Crippen LogP contribution >= 0.6 is 19.4 Å². The van der Waals surface area contributed by atoms with E-state index in [4.69, 9.17) is 4.52 Å². The molecule has 0 saturated heterocycles. The Balaban J connectivity index is 4.44. The van der Waals surface area contributed by atoms with Crippen molar-refractivity contribution in [2.24, 2.45) is 0 Å². The van der Waals surface area contributed by atoms with Crippen molar-refractivity contribution in [3.8, 4) is 0 Å². The van der Waals surface area contributed by atoms with Crippen LogP contribution in [-0.4, -0.2) is 34.3 Å². The fourth-order valence-corrected chi connectivity index (χ4v) is 5.86. The van der Waals surface area contributed by atoms with Gasteiger partial charge in [-0.15, -0.1) is 0 Å². The number of rotatable bonds is 24. The molecule has 1 N–H and O–H groups in total. The molecule has 0 aromatic rings. The molecule has 0 radical (unpaired) electrons. The lowest BCUT2D eigenvalue weighted by atomic mass is 10.1. The van der Waals surface area contributed by atoms with Gasteiger partial charge in [0.2, 0.25) is 0 Å². The molecule has 0 fully saturated rings. The number of carbonyl (C=O) groups is 1. The van der Waals surface area contributed by atoms with Crippen LogP contribution in [-0.2, 0) is 18.9 Å². The second-order valence-corrected chi connectivity index (χ2v) is 11.9. The van der Waals surface area contributed by atoms with Gasteiger partial charge in [0.25, 0.3) is 0 Å². The third-order valence-electron chi connectivity index (χ3n) is 5.65. The molecule has 0 aliphatic carbocycles. The Morgan fingerprint density at radius 3 is 1.88 bits per heavy atom. The largest absolute Gasteiger partial charge is 0.452 e. The minimum Gasteiger partial charge on any atom is -0.316 e. The Morgan fingerprint density at radius 1 is 0.818 bits per heavy atom. The first-order valence-corrected chi connectivity index (χ1v) is 16.0. The summed E-state index contributed by atoms with van der Waals surface area (Å²) in [4.78, 5) is 31.0. The molecule has 0 aromatic carbocycles. The predicted octanol–water partition coefficient (Wildman–Crippen LogP) is 9.05. The fourth-order valence-electron chi connectivity index (χ4n) is 3.61. The van der Waals surface area contributed by atoms with E-state index in [0.717, 1.165) is 31.4 Å². The van der Waals surface area contributed by atoms with Crippen LogP contribution in [0, 0.1) is 0 Å². The molecular weight excluding hydrogens is 459 g/mol. The molecule has 0 aromatic heterocycles. The molecule has 3 atom stereocenters. The van der Waals surface area contributed by atoms with Crippen LogP contribution in [0.1, 0.15) is 130 Å². The van der Waals surface area contributed by atoms with Crippen LogP contribution < -0.4 is 0 Å². The zero-order chi connectivity index (χ0) is 24.8. The van der Waals surface area contributed by atoms with E-state index >= 15 is 0 Å². The molecule has 0 bridgehead atoms. The first-order valence-electron chi connectivity index (χ1n) is 13.4. The first-order chi connectivity index (χ1) is 15.9. The lowest BCUT2D eigenvalue weighted by molar-refractivity contribution is -0.231. The maximum atomic E-state index is 12.4. The van der Waals surface area contributed by atoms with E-state index in [1.54, 1.807) is 18.7 Å². The van der Waals surface area contributed by atoms with Crippen LogP contribution in [0.15, 0.2) is 0 Å². The average Bonchev–Trinajstić information content (AvgIpc) is 2.78. The van der Waals surface area contributed by atoms with Gasteiger partial charge in [-0.05, 0) is 31.9 Å². The molecule has 0 spiro atoms. The van der Waals surface area contributed by atoms with Gasteiger partial charge in [0.1, 0.15) is 0 Å². The Labute approximate surface area is 207 Å². The van der Waals surface area contributed by atoms with Crippen molar-refractivity contribution in [3.63, 3.8) is 0 Å². The molecule has 0 saturated carbocycles. The van der Waals surface area contributed by atoms with Gasteiger partial charge in [0.15, 0.2) is 0 Å². The summed E-state index contributed by atoms with van der Waals surface area (Å²) in [5, 5.41) is 0.0745. The van der Waals surface area contributed by atoms with E-state index in [1.165, 1.54) is 70.6 Å². The van der Waals surface area contributed by atoms with Gasteiger partial charge in [-0.2, -0.15) is 16.6 Å². The van der Waals surface area contributed by atoms with Gasteiger partial charge < -0.3 is 4.89 Å². The van der Waals surface area contributed by atoms with Gasteiger partial charge in [-0.3, -0.25) is 9.41 Å². The molecule has 0 rings (SSSR count). The number of hydrogen-bond acceptors (Lipinski definition) is 6. The van der Waals surface area contributed by atoms with Crippen molar-refractivity contribution in [3.05, 3.63) is 0 Å². The topological polar surface area (TPSA) is 82.1 Å². The molecule has 8 heteroatoms. The third kappa shape index (κ3) is 18.9. The highest BCUT2D eigenvalue weighted by Gasteiger charge is 2.38. The zero-order valence-electron chi connectivity index (χ0n) is 21.7. The summed E-state index contributed by atoms with van der Waals surface area (Å²) in [5.74, 6) is 1.00. The molecule has 6 nitrogen and oxygen atoms in total. The number of carbonyl (C=O) groups excluding carboxylic acids is 1. The maximum Gasteiger partial charge on any atom is 0.452 e. The van der Waals surface area contributed by atoms with Gasteiger partial charge >= 0.3 is 13.3 Å². The Hall–Kier alpha value is -0.0700. The minimum absolute atomic E-state index is 0.0745. The van der Waals surface area contributed by atoms with E-state index in [0.29, 0.717) is 6.42 Å². The van der Waals surface area contributed by atoms with Crippen molar-refractivity contribution >= 4 is 25.1 Å². The Kier molecular flexibility index (Phi) is 22.4. The highest BCUT2D eigenvalue weighted by Crippen LogP contribution is 2.47. The molecule has 0 aliphatic rings. The summed E-state index contributed by atoms with van der Waals surface area (Å²) >= 11 is 1.80. The summed E-state index contributed by atoms with van der Waals surface area (Å²) < 4.78 is 17.7. The molecule has 33 heavy (non-hydrogen) atoms. The maximum absolute atomic E-state index is 12.4. The lowest BCUT2D eigenvalue weighted by Crippen LogP contribution is -2.24. The Bertz CT molecular complexity index is 505. The predicted molar refractivity (Wildman–Crippen MR) is 140 cm³/mol. The van der Waals surface area contributed by atoms with Crippen LogP contribution in [0.5, 0.6) is 0 Å². The van der Waals surface area contributed by atoms with Gasteiger partial charge in [-0.1, -0.05) is 104 Å². The Morgan fingerprint density at radius 2 is 1.33 bits per heavy atom. The fraction of sp³-hybridized carbons (Fsp3) is 0.960. The molecule has 0 amide bonds. The zero-order valence-corrected chi connectivity index (χ0v) is 23.4. The highest BCUT2D eigenvalue weighted by molar-refractivity contribution is 7.99. The van der Waals surface area contributed by atoms with Gasteiger partial charge in [-0.25, -0.2) is 9.36 Å². The van der Waals surface area contributed by atoms with Crippen LogP contribution in [0.3, 0.4) is 0 Å². The van der Waals surface area contributed by atoms with E-state index in [-0.39, 0.29) is 11.9 Å². The van der Waals surface area contributed by atoms with Crippen molar-refractivity contribution in [2.75, 3.05) is 12.4 Å².